The minimum atomic E-state index is -4.56. The van der Waals surface area contributed by atoms with Crippen molar-refractivity contribution in [3.63, 3.8) is 0 Å². The van der Waals surface area contributed by atoms with Crippen LogP contribution in [0.4, 0.5) is 5.82 Å². The maximum atomic E-state index is 14.3. The first-order chi connectivity index (χ1) is 22.9. The zero-order valence-electron chi connectivity index (χ0n) is 26.8. The number of nitriles is 1. The minimum Gasteiger partial charge on any atom is -0.461 e. The van der Waals surface area contributed by atoms with Crippen molar-refractivity contribution in [2.45, 2.75) is 63.6 Å². The zero-order chi connectivity index (χ0) is 34.9. The second kappa shape index (κ2) is 16.0. The predicted octanol–water partition coefficient (Wildman–Crippen LogP) is 2.66. The number of carbonyl (C=O) groups excluding carboxylic acids is 3. The van der Waals surface area contributed by atoms with Crippen LogP contribution in [0.1, 0.15) is 45.4 Å². The summed E-state index contributed by atoms with van der Waals surface area (Å²) in [6.45, 7) is 3.56. The van der Waals surface area contributed by atoms with E-state index < -0.39 is 56.1 Å². The molecular formula is C30H37N6O11P. The average molecular weight is 689 g/mol. The lowest BCUT2D eigenvalue weighted by molar-refractivity contribution is -0.191. The lowest BCUT2D eigenvalue weighted by Crippen LogP contribution is -2.53. The number of methoxy groups -OCH3 is 1. The summed E-state index contributed by atoms with van der Waals surface area (Å²) >= 11 is 0. The number of hydrogen-bond donors (Lipinski definition) is 2. The molecule has 3 N–H and O–H groups in total. The highest BCUT2D eigenvalue weighted by molar-refractivity contribution is 7.52. The summed E-state index contributed by atoms with van der Waals surface area (Å²) in [6, 6.07) is 11.7. The number of para-hydroxylation sites is 1. The molecule has 18 heteroatoms. The van der Waals surface area contributed by atoms with Crippen LogP contribution in [0.25, 0.3) is 5.52 Å². The van der Waals surface area contributed by atoms with Crippen molar-refractivity contribution in [2.24, 2.45) is 0 Å². The predicted molar refractivity (Wildman–Crippen MR) is 166 cm³/mol. The van der Waals surface area contributed by atoms with Gasteiger partial charge in [0.05, 0.1) is 18.9 Å². The zero-order valence-corrected chi connectivity index (χ0v) is 27.7. The van der Waals surface area contributed by atoms with E-state index >= 15 is 0 Å². The SMILES string of the molecule is COC(C#N)(COP(=O)(N[C@@H](C)C(=O)OC1CCOCC1)Oc1ccccc1)[C@@H](OC(C)=O)[C@@H](OC(C)=O)c1ccc2c(N)ncnn12. The van der Waals surface area contributed by atoms with Gasteiger partial charge in [0.25, 0.3) is 0 Å². The number of anilines is 1. The molecule has 17 nitrogen and oxygen atoms in total. The van der Waals surface area contributed by atoms with E-state index in [1.165, 1.54) is 35.7 Å². The lowest BCUT2D eigenvalue weighted by Gasteiger charge is -2.37. The maximum absolute atomic E-state index is 14.3. The summed E-state index contributed by atoms with van der Waals surface area (Å²) in [5.74, 6) is -2.22. The number of nitrogens with one attached hydrogen (secondary N) is 1. The van der Waals surface area contributed by atoms with Crippen molar-refractivity contribution >= 4 is 37.0 Å². The van der Waals surface area contributed by atoms with Crippen molar-refractivity contribution in [1.82, 2.24) is 19.7 Å². The second-order valence-corrected chi connectivity index (χ2v) is 12.4. The fraction of sp³-hybridized carbons (Fsp3) is 0.467. The number of nitrogens with two attached hydrogens (primary N) is 1. The standard InChI is InChI=1S/C30H37N6O11P/c1-19(29(39)46-22-12-14-42-15-13-22)35-48(40,47-23-8-6-5-7-9-23)43-17-30(16-31,41-4)27(45-21(3)38)26(44-20(2)37)24-10-11-25-28(32)33-18-34-36(24)25/h5-11,18-19,22,26-27H,12-15,17H2,1-4H3,(H,35,40)(H2,32,33,34)/t19-,26-,27-,30?,48?/m0/s1. The maximum Gasteiger partial charge on any atom is 0.459 e. The van der Waals surface area contributed by atoms with Crippen LogP contribution < -0.4 is 15.3 Å². The summed E-state index contributed by atoms with van der Waals surface area (Å²) < 4.78 is 54.8. The Hall–Kier alpha value is -4.59. The minimum absolute atomic E-state index is 0.0954. The molecule has 0 spiro atoms. The highest BCUT2D eigenvalue weighted by atomic mass is 31.2. The summed E-state index contributed by atoms with van der Waals surface area (Å²) in [6.07, 6.45) is -1.51. The van der Waals surface area contributed by atoms with Crippen molar-refractivity contribution in [2.75, 3.05) is 32.7 Å². The van der Waals surface area contributed by atoms with Crippen LogP contribution in [-0.2, 0) is 47.2 Å². The number of esters is 3. The third-order valence-corrected chi connectivity index (χ3v) is 8.87. The Morgan fingerprint density at radius 1 is 1.15 bits per heavy atom. The summed E-state index contributed by atoms with van der Waals surface area (Å²) in [5, 5.41) is 17.3. The number of carbonyl (C=O) groups is 3. The first kappa shape index (κ1) is 36.2. The molecule has 5 atom stereocenters. The molecular weight excluding hydrogens is 651 g/mol. The largest absolute Gasteiger partial charge is 0.461 e. The number of nitrogens with zero attached hydrogens (tertiary/aromatic N) is 4. The highest BCUT2D eigenvalue weighted by Gasteiger charge is 2.52. The van der Waals surface area contributed by atoms with Gasteiger partial charge in [0, 0.05) is 33.8 Å². The third kappa shape index (κ3) is 8.85. The molecule has 2 aromatic heterocycles. The molecule has 2 unspecified atom stereocenters. The Labute approximate surface area is 276 Å². The van der Waals surface area contributed by atoms with Gasteiger partial charge in [0.1, 0.15) is 42.4 Å². The molecule has 0 saturated carbocycles. The van der Waals surface area contributed by atoms with Gasteiger partial charge in [-0.1, -0.05) is 18.2 Å². The van der Waals surface area contributed by atoms with Crippen molar-refractivity contribution < 1.29 is 51.7 Å². The molecule has 3 heterocycles. The monoisotopic (exact) mass is 688 g/mol. The molecule has 1 fully saturated rings. The molecule has 1 saturated heterocycles. The molecule has 0 aliphatic carbocycles. The molecule has 1 aliphatic rings. The quantitative estimate of drug-likeness (QED) is 0.133. The van der Waals surface area contributed by atoms with E-state index in [0.717, 1.165) is 27.3 Å². The van der Waals surface area contributed by atoms with E-state index in [4.69, 9.17) is 38.5 Å². The number of aromatic nitrogens is 3. The number of fused-ring (bicyclic) bond motifs is 1. The van der Waals surface area contributed by atoms with Crippen LogP contribution in [0.3, 0.4) is 0 Å². The van der Waals surface area contributed by atoms with Crippen LogP contribution >= 0.6 is 7.75 Å². The number of nitrogen functional groups attached to an aromatic ring is 1. The van der Waals surface area contributed by atoms with Crippen LogP contribution in [0, 0.1) is 11.3 Å². The van der Waals surface area contributed by atoms with Crippen molar-refractivity contribution in [1.29, 1.82) is 5.26 Å². The molecule has 48 heavy (non-hydrogen) atoms. The molecule has 258 valence electrons. The molecule has 0 radical (unpaired) electrons. The van der Waals surface area contributed by atoms with Gasteiger partial charge in [0.15, 0.2) is 18.0 Å². The van der Waals surface area contributed by atoms with Gasteiger partial charge in [-0.3, -0.25) is 18.9 Å². The van der Waals surface area contributed by atoms with Gasteiger partial charge in [-0.15, -0.1) is 0 Å². The van der Waals surface area contributed by atoms with Gasteiger partial charge in [-0.05, 0) is 31.2 Å². The van der Waals surface area contributed by atoms with Gasteiger partial charge < -0.3 is 33.9 Å². The fourth-order valence-corrected chi connectivity index (χ4v) is 6.39. The second-order valence-electron chi connectivity index (χ2n) is 10.7. The summed E-state index contributed by atoms with van der Waals surface area (Å²) in [7, 11) is -3.44. The Kier molecular flexibility index (Phi) is 12.1. The number of hydrogen-bond acceptors (Lipinski definition) is 15. The Morgan fingerprint density at radius 3 is 2.46 bits per heavy atom. The number of ether oxygens (including phenoxy) is 5. The lowest BCUT2D eigenvalue weighted by atomic mass is 9.92. The number of benzene rings is 1. The van der Waals surface area contributed by atoms with Crippen molar-refractivity contribution in [3.05, 3.63) is 54.5 Å². The van der Waals surface area contributed by atoms with Crippen LogP contribution in [0.2, 0.25) is 0 Å². The van der Waals surface area contributed by atoms with E-state index in [-0.39, 0.29) is 23.4 Å². The molecule has 0 bridgehead atoms. The Morgan fingerprint density at radius 2 is 1.83 bits per heavy atom. The molecule has 1 aromatic carbocycles. The van der Waals surface area contributed by atoms with E-state index in [2.05, 4.69) is 15.2 Å². The van der Waals surface area contributed by atoms with E-state index in [0.29, 0.717) is 31.6 Å². The smallest absolute Gasteiger partial charge is 0.459 e. The van der Waals surface area contributed by atoms with Crippen LogP contribution in [0.5, 0.6) is 5.75 Å². The first-order valence-corrected chi connectivity index (χ1v) is 16.4. The fourth-order valence-electron chi connectivity index (χ4n) is 4.86. The highest BCUT2D eigenvalue weighted by Crippen LogP contribution is 2.47. The average Bonchev–Trinajstić information content (AvgIpc) is 3.50. The Balaban J connectivity index is 1.69. The number of rotatable bonds is 15. The molecule has 1 aliphatic heterocycles. The topological polar surface area (TPSA) is 225 Å². The van der Waals surface area contributed by atoms with Crippen LogP contribution in [0.15, 0.2) is 48.8 Å². The van der Waals surface area contributed by atoms with Crippen molar-refractivity contribution in [3.8, 4) is 11.8 Å². The Bertz CT molecular complexity index is 1680. The summed E-state index contributed by atoms with van der Waals surface area (Å²) in [4.78, 5) is 41.8. The molecule has 4 rings (SSSR count). The third-order valence-electron chi connectivity index (χ3n) is 7.25. The van der Waals surface area contributed by atoms with Gasteiger partial charge in [-0.2, -0.15) is 15.4 Å². The molecule has 3 aromatic rings. The first-order valence-electron chi connectivity index (χ1n) is 14.8. The summed E-state index contributed by atoms with van der Waals surface area (Å²) in [5.41, 5.74) is 4.13. The van der Waals surface area contributed by atoms with E-state index in [9.17, 15) is 24.2 Å². The molecule has 0 amide bonds. The van der Waals surface area contributed by atoms with Gasteiger partial charge in [-0.25, -0.2) is 14.1 Å². The van der Waals surface area contributed by atoms with E-state index in [1.807, 2.05) is 6.07 Å². The van der Waals surface area contributed by atoms with Gasteiger partial charge >= 0.3 is 25.7 Å². The van der Waals surface area contributed by atoms with E-state index in [1.54, 1.807) is 18.2 Å². The van der Waals surface area contributed by atoms with Crippen LogP contribution in [-0.4, -0.2) is 83.3 Å². The van der Waals surface area contributed by atoms with Gasteiger partial charge in [0.2, 0.25) is 5.60 Å². The normalized spacial score (nSPS) is 17.9.